The minimum atomic E-state index is -0.218. The molecule has 0 bridgehead atoms. The first kappa shape index (κ1) is 9.68. The second-order valence-corrected chi connectivity index (χ2v) is 3.43. The maximum atomic E-state index is 12.5. The van der Waals surface area contributed by atoms with Crippen molar-refractivity contribution in [3.05, 3.63) is 35.6 Å². The van der Waals surface area contributed by atoms with Crippen molar-refractivity contribution in [1.82, 2.24) is 0 Å². The Labute approximate surface area is 79.9 Å². The Bertz CT molecular complexity index is 235. The zero-order valence-electron chi connectivity index (χ0n) is 6.63. The average molecular weight is 232 g/mol. The van der Waals surface area contributed by atoms with Crippen molar-refractivity contribution in [2.75, 3.05) is 5.33 Å². The van der Waals surface area contributed by atoms with Crippen LogP contribution < -0.4 is 5.73 Å². The molecule has 1 aromatic rings. The van der Waals surface area contributed by atoms with Crippen LogP contribution in [0.25, 0.3) is 0 Å². The maximum absolute atomic E-state index is 12.5. The Morgan fingerprint density at radius 1 is 1.33 bits per heavy atom. The molecule has 1 unspecified atom stereocenters. The lowest BCUT2D eigenvalue weighted by Gasteiger charge is -2.09. The van der Waals surface area contributed by atoms with Gasteiger partial charge in [-0.25, -0.2) is 4.39 Å². The Morgan fingerprint density at radius 2 is 1.92 bits per heavy atom. The molecule has 0 saturated heterocycles. The lowest BCUT2D eigenvalue weighted by molar-refractivity contribution is 0.624. The van der Waals surface area contributed by atoms with Gasteiger partial charge in [-0.05, 0) is 24.1 Å². The van der Waals surface area contributed by atoms with Crippen molar-refractivity contribution in [1.29, 1.82) is 0 Å². The molecule has 3 heteroatoms. The molecule has 66 valence electrons. The number of alkyl halides is 1. The summed E-state index contributed by atoms with van der Waals surface area (Å²) in [5, 5.41) is 0.867. The molecule has 0 heterocycles. The molecule has 1 atom stereocenters. The van der Waals surface area contributed by atoms with Crippen LogP contribution in [0.4, 0.5) is 4.39 Å². The molecule has 0 aliphatic rings. The molecule has 0 spiro atoms. The van der Waals surface area contributed by atoms with E-state index in [0.29, 0.717) is 0 Å². The van der Waals surface area contributed by atoms with Crippen molar-refractivity contribution >= 4 is 15.9 Å². The van der Waals surface area contributed by atoms with Gasteiger partial charge in [-0.1, -0.05) is 28.1 Å². The van der Waals surface area contributed by atoms with Crippen LogP contribution in [0.3, 0.4) is 0 Å². The van der Waals surface area contributed by atoms with E-state index in [9.17, 15) is 4.39 Å². The molecule has 12 heavy (non-hydrogen) atoms. The van der Waals surface area contributed by atoms with Crippen LogP contribution in [0, 0.1) is 5.82 Å². The van der Waals surface area contributed by atoms with E-state index in [4.69, 9.17) is 5.73 Å². The summed E-state index contributed by atoms with van der Waals surface area (Å²) in [6, 6.07) is 6.32. The van der Waals surface area contributed by atoms with Gasteiger partial charge in [0.05, 0.1) is 0 Å². The molecule has 0 radical (unpaired) electrons. The fourth-order valence-corrected chi connectivity index (χ4v) is 1.49. The van der Waals surface area contributed by atoms with E-state index >= 15 is 0 Å². The summed E-state index contributed by atoms with van der Waals surface area (Å²) in [5.74, 6) is -0.218. The number of halogens is 2. The van der Waals surface area contributed by atoms with Gasteiger partial charge in [0.1, 0.15) is 5.82 Å². The molecule has 0 fully saturated rings. The third-order valence-corrected chi connectivity index (χ3v) is 2.18. The highest BCUT2D eigenvalue weighted by atomic mass is 79.9. The predicted molar refractivity (Wildman–Crippen MR) is 51.7 cm³/mol. The van der Waals surface area contributed by atoms with Gasteiger partial charge in [-0.15, -0.1) is 0 Å². The zero-order chi connectivity index (χ0) is 8.97. The largest absolute Gasteiger partial charge is 0.324 e. The van der Waals surface area contributed by atoms with Crippen molar-refractivity contribution in [2.24, 2.45) is 5.73 Å². The highest BCUT2D eigenvalue weighted by Gasteiger charge is 2.03. The summed E-state index contributed by atoms with van der Waals surface area (Å²) in [4.78, 5) is 0. The van der Waals surface area contributed by atoms with Gasteiger partial charge >= 0.3 is 0 Å². The highest BCUT2D eigenvalue weighted by molar-refractivity contribution is 9.09. The monoisotopic (exact) mass is 231 g/mol. The number of hydrogen-bond acceptors (Lipinski definition) is 1. The first-order valence-corrected chi connectivity index (χ1v) is 4.93. The van der Waals surface area contributed by atoms with Gasteiger partial charge < -0.3 is 5.73 Å². The first-order chi connectivity index (χ1) is 5.74. The number of nitrogens with two attached hydrogens (primary N) is 1. The van der Waals surface area contributed by atoms with E-state index in [1.54, 1.807) is 12.1 Å². The Morgan fingerprint density at radius 3 is 2.42 bits per heavy atom. The van der Waals surface area contributed by atoms with E-state index in [2.05, 4.69) is 15.9 Å². The molecular weight excluding hydrogens is 221 g/mol. The molecule has 0 aliphatic carbocycles. The van der Waals surface area contributed by atoms with Gasteiger partial charge in [0.15, 0.2) is 0 Å². The van der Waals surface area contributed by atoms with Gasteiger partial charge in [0.25, 0.3) is 0 Å². The Hall–Kier alpha value is -0.410. The van der Waals surface area contributed by atoms with Crippen LogP contribution in [-0.2, 0) is 0 Å². The standard InChI is InChI=1S/C9H11BrFN/c10-6-5-9(12)7-1-3-8(11)4-2-7/h1-4,9H,5-6,12H2. The van der Waals surface area contributed by atoms with Crippen LogP contribution in [0.15, 0.2) is 24.3 Å². The summed E-state index contributed by atoms with van der Waals surface area (Å²) in [5.41, 5.74) is 6.79. The van der Waals surface area contributed by atoms with Crippen LogP contribution in [0.5, 0.6) is 0 Å². The van der Waals surface area contributed by atoms with Crippen molar-refractivity contribution in [3.63, 3.8) is 0 Å². The van der Waals surface area contributed by atoms with Crippen LogP contribution >= 0.6 is 15.9 Å². The second kappa shape index (κ2) is 4.58. The minimum absolute atomic E-state index is 0.00461. The Kier molecular flexibility index (Phi) is 3.69. The highest BCUT2D eigenvalue weighted by Crippen LogP contribution is 2.14. The summed E-state index contributed by atoms with van der Waals surface area (Å²) in [6.45, 7) is 0. The van der Waals surface area contributed by atoms with Crippen LogP contribution in [-0.4, -0.2) is 5.33 Å². The fourth-order valence-electron chi connectivity index (χ4n) is 0.994. The molecular formula is C9H11BrFN. The smallest absolute Gasteiger partial charge is 0.123 e. The molecule has 2 N–H and O–H groups in total. The molecule has 1 nitrogen and oxygen atoms in total. The van der Waals surface area contributed by atoms with Crippen molar-refractivity contribution in [2.45, 2.75) is 12.5 Å². The van der Waals surface area contributed by atoms with E-state index in [-0.39, 0.29) is 11.9 Å². The van der Waals surface area contributed by atoms with E-state index in [1.165, 1.54) is 12.1 Å². The third kappa shape index (κ3) is 2.57. The number of hydrogen-bond donors (Lipinski definition) is 1. The minimum Gasteiger partial charge on any atom is -0.324 e. The molecule has 0 saturated carbocycles. The molecule has 1 aromatic carbocycles. The lowest BCUT2D eigenvalue weighted by atomic mass is 10.1. The first-order valence-electron chi connectivity index (χ1n) is 3.81. The molecule has 0 aromatic heterocycles. The van der Waals surface area contributed by atoms with Gasteiger partial charge in [-0.2, -0.15) is 0 Å². The molecule has 0 amide bonds. The van der Waals surface area contributed by atoms with Gasteiger partial charge in [0, 0.05) is 11.4 Å². The SMILES string of the molecule is NC(CCBr)c1ccc(F)cc1. The Balaban J connectivity index is 2.68. The zero-order valence-corrected chi connectivity index (χ0v) is 8.22. The second-order valence-electron chi connectivity index (χ2n) is 2.64. The number of rotatable bonds is 3. The number of benzene rings is 1. The summed E-state index contributed by atoms with van der Waals surface area (Å²) >= 11 is 3.31. The van der Waals surface area contributed by atoms with E-state index < -0.39 is 0 Å². The van der Waals surface area contributed by atoms with Crippen molar-refractivity contribution in [3.8, 4) is 0 Å². The van der Waals surface area contributed by atoms with Gasteiger partial charge in [-0.3, -0.25) is 0 Å². The average Bonchev–Trinajstić information content (AvgIpc) is 2.06. The quantitative estimate of drug-likeness (QED) is 0.796. The van der Waals surface area contributed by atoms with Crippen LogP contribution in [0.1, 0.15) is 18.0 Å². The molecule has 1 rings (SSSR count). The third-order valence-electron chi connectivity index (χ3n) is 1.72. The van der Waals surface area contributed by atoms with Gasteiger partial charge in [0.2, 0.25) is 0 Å². The maximum Gasteiger partial charge on any atom is 0.123 e. The van der Waals surface area contributed by atoms with E-state index in [0.717, 1.165) is 17.3 Å². The summed E-state index contributed by atoms with van der Waals surface area (Å²) in [7, 11) is 0. The summed E-state index contributed by atoms with van der Waals surface area (Å²) < 4.78 is 12.5. The predicted octanol–water partition coefficient (Wildman–Crippen LogP) is 2.61. The van der Waals surface area contributed by atoms with E-state index in [1.807, 2.05) is 0 Å². The normalized spacial score (nSPS) is 12.9. The lowest BCUT2D eigenvalue weighted by Crippen LogP contribution is -2.10. The van der Waals surface area contributed by atoms with Crippen LogP contribution in [0.2, 0.25) is 0 Å². The topological polar surface area (TPSA) is 26.0 Å². The summed E-state index contributed by atoms with van der Waals surface area (Å²) in [6.07, 6.45) is 0.867. The van der Waals surface area contributed by atoms with Crippen molar-refractivity contribution < 1.29 is 4.39 Å². The fraction of sp³-hybridized carbons (Fsp3) is 0.333. The molecule has 0 aliphatic heterocycles.